The Balaban J connectivity index is 1.92. The van der Waals surface area contributed by atoms with Crippen molar-refractivity contribution in [1.82, 2.24) is 4.90 Å². The molecule has 3 aliphatic rings. The van der Waals surface area contributed by atoms with E-state index >= 15 is 0 Å². The smallest absolute Gasteiger partial charge is 0.0347 e. The Morgan fingerprint density at radius 2 is 1.74 bits per heavy atom. The van der Waals surface area contributed by atoms with Crippen molar-refractivity contribution in [2.45, 2.75) is 72.3 Å². The summed E-state index contributed by atoms with van der Waals surface area (Å²) in [4.78, 5) is 2.85. The van der Waals surface area contributed by atoms with Gasteiger partial charge in [-0.25, -0.2) is 0 Å². The molecule has 1 nitrogen and oxygen atoms in total. The molecule has 0 aromatic rings. The zero-order valence-electron chi connectivity index (χ0n) is 15.6. The molecular formula is C22H35N. The van der Waals surface area contributed by atoms with Gasteiger partial charge in [0.1, 0.15) is 0 Å². The first kappa shape index (κ1) is 17.0. The SMILES string of the molecule is CC1=CCC(C(C2=C(C)C=CCC2C)N2CCCCC2)CC1C. The maximum atomic E-state index is 2.85. The fraction of sp³-hybridized carbons (Fsp3) is 0.727. The highest BCUT2D eigenvalue weighted by atomic mass is 15.2. The molecule has 0 aromatic heterocycles. The number of allylic oxidation sites excluding steroid dienone is 5. The highest BCUT2D eigenvalue weighted by molar-refractivity contribution is 5.34. The maximum Gasteiger partial charge on any atom is 0.0347 e. The van der Waals surface area contributed by atoms with Gasteiger partial charge in [-0.2, -0.15) is 0 Å². The second kappa shape index (κ2) is 7.38. The van der Waals surface area contributed by atoms with Crippen molar-refractivity contribution in [1.29, 1.82) is 0 Å². The number of nitrogens with zero attached hydrogens (tertiary/aromatic N) is 1. The van der Waals surface area contributed by atoms with Crippen molar-refractivity contribution in [2.75, 3.05) is 13.1 Å². The minimum Gasteiger partial charge on any atom is -0.296 e. The number of hydrogen-bond acceptors (Lipinski definition) is 1. The summed E-state index contributed by atoms with van der Waals surface area (Å²) in [6.07, 6.45) is 15.4. The quantitative estimate of drug-likeness (QED) is 0.600. The molecule has 1 saturated heterocycles. The molecular weight excluding hydrogens is 278 g/mol. The van der Waals surface area contributed by atoms with Gasteiger partial charge in [-0.3, -0.25) is 4.90 Å². The average molecular weight is 314 g/mol. The van der Waals surface area contributed by atoms with Crippen molar-refractivity contribution >= 4 is 0 Å². The number of hydrogen-bond donors (Lipinski definition) is 0. The normalized spacial score (nSPS) is 34.4. The Morgan fingerprint density at radius 1 is 1.00 bits per heavy atom. The van der Waals surface area contributed by atoms with E-state index < -0.39 is 0 Å². The molecule has 4 atom stereocenters. The molecule has 0 saturated carbocycles. The van der Waals surface area contributed by atoms with Gasteiger partial charge < -0.3 is 0 Å². The molecule has 1 aliphatic heterocycles. The highest BCUT2D eigenvalue weighted by Crippen LogP contribution is 2.40. The van der Waals surface area contributed by atoms with Gasteiger partial charge in [0.25, 0.3) is 0 Å². The molecule has 0 aromatic carbocycles. The molecule has 128 valence electrons. The zero-order chi connectivity index (χ0) is 16.4. The van der Waals surface area contributed by atoms with Crippen LogP contribution in [0.2, 0.25) is 0 Å². The minimum absolute atomic E-state index is 0.682. The molecule has 1 heterocycles. The maximum absolute atomic E-state index is 2.85. The van der Waals surface area contributed by atoms with Crippen LogP contribution in [0.1, 0.15) is 66.2 Å². The largest absolute Gasteiger partial charge is 0.296 e. The molecule has 4 unspecified atom stereocenters. The summed E-state index contributed by atoms with van der Waals surface area (Å²) in [6, 6.07) is 0.682. The van der Waals surface area contributed by atoms with Crippen LogP contribution < -0.4 is 0 Å². The van der Waals surface area contributed by atoms with E-state index in [0.29, 0.717) is 12.0 Å². The van der Waals surface area contributed by atoms with Crippen LogP contribution >= 0.6 is 0 Å². The molecule has 23 heavy (non-hydrogen) atoms. The third-order valence-corrected chi connectivity index (χ3v) is 6.57. The summed E-state index contributed by atoms with van der Waals surface area (Å²) >= 11 is 0. The van der Waals surface area contributed by atoms with Gasteiger partial charge in [-0.1, -0.05) is 49.6 Å². The Kier molecular flexibility index (Phi) is 5.46. The van der Waals surface area contributed by atoms with Gasteiger partial charge in [0.05, 0.1) is 0 Å². The summed E-state index contributed by atoms with van der Waals surface area (Å²) in [6.45, 7) is 12.2. The summed E-state index contributed by atoms with van der Waals surface area (Å²) < 4.78 is 0. The molecule has 0 amide bonds. The summed E-state index contributed by atoms with van der Waals surface area (Å²) in [5.74, 6) is 2.29. The zero-order valence-corrected chi connectivity index (χ0v) is 15.6. The van der Waals surface area contributed by atoms with Crippen LogP contribution in [0.15, 0.2) is 34.9 Å². The van der Waals surface area contributed by atoms with Crippen LogP contribution in [0.4, 0.5) is 0 Å². The molecule has 1 heteroatoms. The first-order chi connectivity index (χ1) is 11.1. The van der Waals surface area contributed by atoms with Crippen LogP contribution in [0.3, 0.4) is 0 Å². The van der Waals surface area contributed by atoms with Crippen LogP contribution in [0.5, 0.6) is 0 Å². The third kappa shape index (κ3) is 3.65. The number of likely N-dealkylation sites (tertiary alicyclic amines) is 1. The topological polar surface area (TPSA) is 3.24 Å². The minimum atomic E-state index is 0.682. The van der Waals surface area contributed by atoms with Gasteiger partial charge in [-0.15, -0.1) is 0 Å². The van der Waals surface area contributed by atoms with E-state index in [0.717, 1.165) is 11.8 Å². The van der Waals surface area contributed by atoms with E-state index in [1.165, 1.54) is 51.6 Å². The second-order valence-corrected chi connectivity index (χ2v) is 8.30. The predicted molar refractivity (Wildman–Crippen MR) is 100 cm³/mol. The van der Waals surface area contributed by atoms with Crippen molar-refractivity contribution in [2.24, 2.45) is 17.8 Å². The van der Waals surface area contributed by atoms with E-state index in [2.05, 4.69) is 50.8 Å². The van der Waals surface area contributed by atoms with E-state index in [4.69, 9.17) is 0 Å². The van der Waals surface area contributed by atoms with Crippen LogP contribution in [-0.2, 0) is 0 Å². The molecule has 0 spiro atoms. The molecule has 0 bridgehead atoms. The number of rotatable bonds is 3. The Bertz CT molecular complexity index is 504. The molecule has 1 fully saturated rings. The van der Waals surface area contributed by atoms with Crippen LogP contribution in [-0.4, -0.2) is 24.0 Å². The van der Waals surface area contributed by atoms with Gasteiger partial charge in [0.2, 0.25) is 0 Å². The summed E-state index contributed by atoms with van der Waals surface area (Å²) in [7, 11) is 0. The number of piperidine rings is 1. The Morgan fingerprint density at radius 3 is 2.39 bits per heavy atom. The molecule has 2 aliphatic carbocycles. The lowest BCUT2D eigenvalue weighted by Crippen LogP contribution is -2.47. The first-order valence-corrected chi connectivity index (χ1v) is 9.85. The average Bonchev–Trinajstić information content (AvgIpc) is 2.55. The fourth-order valence-electron chi connectivity index (χ4n) is 5.06. The summed E-state index contributed by atoms with van der Waals surface area (Å²) in [5, 5.41) is 0. The van der Waals surface area contributed by atoms with Crippen LogP contribution in [0.25, 0.3) is 0 Å². The van der Waals surface area contributed by atoms with Gasteiger partial charge in [0.15, 0.2) is 0 Å². The Hall–Kier alpha value is -0.820. The van der Waals surface area contributed by atoms with E-state index in [9.17, 15) is 0 Å². The van der Waals surface area contributed by atoms with Gasteiger partial charge in [0, 0.05) is 6.04 Å². The van der Waals surface area contributed by atoms with Crippen molar-refractivity contribution in [3.8, 4) is 0 Å². The fourth-order valence-corrected chi connectivity index (χ4v) is 5.06. The first-order valence-electron chi connectivity index (χ1n) is 9.85. The molecule has 0 radical (unpaired) electrons. The predicted octanol–water partition coefficient (Wildman–Crippen LogP) is 5.75. The van der Waals surface area contributed by atoms with Gasteiger partial charge >= 0.3 is 0 Å². The highest BCUT2D eigenvalue weighted by Gasteiger charge is 2.36. The molecule has 3 rings (SSSR count). The lowest BCUT2D eigenvalue weighted by molar-refractivity contribution is 0.119. The van der Waals surface area contributed by atoms with Crippen LogP contribution in [0, 0.1) is 17.8 Å². The lowest BCUT2D eigenvalue weighted by Gasteiger charge is -2.45. The van der Waals surface area contributed by atoms with Crippen molar-refractivity contribution < 1.29 is 0 Å². The van der Waals surface area contributed by atoms with Crippen molar-refractivity contribution in [3.05, 3.63) is 34.9 Å². The van der Waals surface area contributed by atoms with Crippen molar-refractivity contribution in [3.63, 3.8) is 0 Å². The molecule has 0 N–H and O–H groups in total. The summed E-state index contributed by atoms with van der Waals surface area (Å²) in [5.41, 5.74) is 4.93. The monoisotopic (exact) mass is 313 g/mol. The van der Waals surface area contributed by atoms with Gasteiger partial charge in [-0.05, 0) is 82.4 Å². The second-order valence-electron chi connectivity index (χ2n) is 8.30. The lowest BCUT2D eigenvalue weighted by atomic mass is 9.72. The van der Waals surface area contributed by atoms with E-state index in [1.54, 1.807) is 16.7 Å². The Labute approximate surface area is 143 Å². The van der Waals surface area contributed by atoms with E-state index in [-0.39, 0.29) is 0 Å². The third-order valence-electron chi connectivity index (χ3n) is 6.57. The van der Waals surface area contributed by atoms with E-state index in [1.807, 2.05) is 0 Å². The standard InChI is InChI=1S/C22H35N/c1-16-11-12-20(15-19(16)4)22(23-13-6-5-7-14-23)21-17(2)9-8-10-18(21)3/h8-9,11,18-20,22H,5-7,10,12-15H2,1-4H3.